The van der Waals surface area contributed by atoms with Crippen LogP contribution in [0.4, 0.5) is 11.4 Å². The van der Waals surface area contributed by atoms with Gasteiger partial charge in [-0.1, -0.05) is 56.6 Å². The van der Waals surface area contributed by atoms with Crippen molar-refractivity contribution in [1.82, 2.24) is 0 Å². The monoisotopic (exact) mass is 284 g/mol. The van der Waals surface area contributed by atoms with Gasteiger partial charge in [0, 0.05) is 5.69 Å². The van der Waals surface area contributed by atoms with E-state index in [1.54, 1.807) is 6.07 Å². The maximum Gasteiger partial charge on any atom is 0.103 e. The van der Waals surface area contributed by atoms with Crippen molar-refractivity contribution < 1.29 is 0 Å². The normalized spacial score (nSPS) is 10.9. The van der Waals surface area contributed by atoms with Gasteiger partial charge in [0.1, 0.15) is 6.07 Å². The molecule has 0 aromatic heterocycles. The molecule has 2 aromatic carbocycles. The van der Waals surface area contributed by atoms with Crippen LogP contribution in [-0.2, 0) is 5.41 Å². The van der Waals surface area contributed by atoms with Gasteiger partial charge in [0.15, 0.2) is 0 Å². The van der Waals surface area contributed by atoms with Gasteiger partial charge in [-0.25, -0.2) is 0 Å². The number of nitriles is 1. The van der Waals surface area contributed by atoms with Crippen LogP contribution in [0.25, 0.3) is 0 Å². The predicted molar refractivity (Wildman–Crippen MR) is 84.6 cm³/mol. The van der Waals surface area contributed by atoms with Gasteiger partial charge in [0.2, 0.25) is 0 Å². The smallest absolute Gasteiger partial charge is 0.103 e. The molecule has 0 saturated carbocycles. The van der Waals surface area contributed by atoms with Crippen LogP contribution >= 0.6 is 11.6 Å². The molecule has 0 amide bonds. The first-order valence-electron chi connectivity index (χ1n) is 6.48. The first-order chi connectivity index (χ1) is 9.43. The van der Waals surface area contributed by atoms with Crippen molar-refractivity contribution in [3.63, 3.8) is 0 Å². The molecule has 0 unspecified atom stereocenters. The molecule has 0 radical (unpaired) electrons. The molecule has 1 N–H and O–H groups in total. The second-order valence-electron chi connectivity index (χ2n) is 5.69. The second-order valence-corrected chi connectivity index (χ2v) is 6.10. The van der Waals surface area contributed by atoms with Gasteiger partial charge in [-0.3, -0.25) is 0 Å². The van der Waals surface area contributed by atoms with Crippen LogP contribution in [-0.4, -0.2) is 0 Å². The van der Waals surface area contributed by atoms with E-state index in [1.165, 1.54) is 5.56 Å². The minimum atomic E-state index is 0.0228. The van der Waals surface area contributed by atoms with Crippen molar-refractivity contribution in [3.8, 4) is 6.07 Å². The van der Waals surface area contributed by atoms with E-state index in [0.29, 0.717) is 10.6 Å². The molecule has 0 fully saturated rings. The Morgan fingerprint density at radius 1 is 1.00 bits per heavy atom. The number of benzene rings is 2. The van der Waals surface area contributed by atoms with E-state index >= 15 is 0 Å². The summed E-state index contributed by atoms with van der Waals surface area (Å²) in [5.41, 5.74) is 3.42. The highest BCUT2D eigenvalue weighted by Crippen LogP contribution is 2.33. The number of para-hydroxylation sites is 1. The first-order valence-corrected chi connectivity index (χ1v) is 6.86. The van der Waals surface area contributed by atoms with Crippen LogP contribution in [0.2, 0.25) is 5.02 Å². The average Bonchev–Trinajstić information content (AvgIpc) is 2.38. The summed E-state index contributed by atoms with van der Waals surface area (Å²) in [5.74, 6) is 0. The lowest BCUT2D eigenvalue weighted by molar-refractivity contribution is 0.592. The fourth-order valence-electron chi connectivity index (χ4n) is 2.13. The number of anilines is 2. The van der Waals surface area contributed by atoms with E-state index in [-0.39, 0.29) is 5.41 Å². The van der Waals surface area contributed by atoms with E-state index in [2.05, 4.69) is 38.2 Å². The van der Waals surface area contributed by atoms with Crippen molar-refractivity contribution in [3.05, 3.63) is 58.6 Å². The quantitative estimate of drug-likeness (QED) is 0.817. The predicted octanol–water partition coefficient (Wildman–Crippen LogP) is 5.25. The van der Waals surface area contributed by atoms with Crippen LogP contribution < -0.4 is 5.32 Å². The van der Waals surface area contributed by atoms with Crippen molar-refractivity contribution in [2.24, 2.45) is 0 Å². The zero-order chi connectivity index (χ0) is 14.8. The zero-order valence-electron chi connectivity index (χ0n) is 11.9. The van der Waals surface area contributed by atoms with E-state index in [4.69, 9.17) is 11.6 Å². The van der Waals surface area contributed by atoms with Crippen molar-refractivity contribution in [2.45, 2.75) is 26.2 Å². The summed E-state index contributed by atoms with van der Waals surface area (Å²) < 4.78 is 0. The van der Waals surface area contributed by atoms with Gasteiger partial charge >= 0.3 is 0 Å². The zero-order valence-corrected chi connectivity index (χ0v) is 12.6. The molecule has 102 valence electrons. The third kappa shape index (κ3) is 2.95. The molecule has 0 aliphatic heterocycles. The summed E-state index contributed by atoms with van der Waals surface area (Å²) >= 11 is 6.06. The van der Waals surface area contributed by atoms with E-state index in [1.807, 2.05) is 30.3 Å². The summed E-state index contributed by atoms with van der Waals surface area (Å²) in [6, 6.07) is 15.7. The van der Waals surface area contributed by atoms with Gasteiger partial charge in [-0.15, -0.1) is 0 Å². The molecule has 2 rings (SSSR count). The minimum absolute atomic E-state index is 0.0228. The highest BCUT2D eigenvalue weighted by molar-refractivity contribution is 6.32. The lowest BCUT2D eigenvalue weighted by atomic mass is 9.85. The number of hydrogen-bond donors (Lipinski definition) is 1. The van der Waals surface area contributed by atoms with Crippen LogP contribution in [0.3, 0.4) is 0 Å². The topological polar surface area (TPSA) is 35.8 Å². The molecule has 2 aromatic rings. The Hall–Kier alpha value is -1.98. The third-order valence-electron chi connectivity index (χ3n) is 3.13. The molecule has 0 bridgehead atoms. The highest BCUT2D eigenvalue weighted by Gasteiger charge is 2.18. The number of hydrogen-bond acceptors (Lipinski definition) is 2. The molecular weight excluding hydrogens is 268 g/mol. The number of nitrogens with zero attached hydrogens (tertiary/aromatic N) is 1. The Labute approximate surface area is 125 Å². The van der Waals surface area contributed by atoms with E-state index in [9.17, 15) is 5.26 Å². The highest BCUT2D eigenvalue weighted by atomic mass is 35.5. The van der Waals surface area contributed by atoms with Crippen molar-refractivity contribution in [2.75, 3.05) is 5.32 Å². The fraction of sp³-hybridized carbons (Fsp3) is 0.235. The standard InChI is InChI=1S/C17H17ClN2/c1-17(2,3)13-7-4-5-9-16(13)20-15-10-6-8-14(18)12(15)11-19/h4-10,20H,1-3H3. The van der Waals surface area contributed by atoms with E-state index in [0.717, 1.165) is 11.4 Å². The van der Waals surface area contributed by atoms with Gasteiger partial charge in [0.25, 0.3) is 0 Å². The van der Waals surface area contributed by atoms with Gasteiger partial charge in [-0.05, 0) is 29.2 Å². The average molecular weight is 285 g/mol. The third-order valence-corrected chi connectivity index (χ3v) is 3.44. The fourth-order valence-corrected chi connectivity index (χ4v) is 2.35. The molecule has 0 aliphatic rings. The molecule has 0 saturated heterocycles. The van der Waals surface area contributed by atoms with Gasteiger partial charge in [0.05, 0.1) is 16.3 Å². The maximum atomic E-state index is 9.23. The minimum Gasteiger partial charge on any atom is -0.354 e. The molecule has 2 nitrogen and oxygen atoms in total. The molecule has 0 heterocycles. The van der Waals surface area contributed by atoms with Crippen LogP contribution in [0.5, 0.6) is 0 Å². The molecule has 0 atom stereocenters. The second kappa shape index (κ2) is 5.56. The van der Waals surface area contributed by atoms with E-state index < -0.39 is 0 Å². The summed E-state index contributed by atoms with van der Waals surface area (Å²) in [4.78, 5) is 0. The molecule has 0 spiro atoms. The first kappa shape index (κ1) is 14.4. The summed E-state index contributed by atoms with van der Waals surface area (Å²) in [7, 11) is 0. The van der Waals surface area contributed by atoms with Crippen LogP contribution in [0, 0.1) is 11.3 Å². The maximum absolute atomic E-state index is 9.23. The van der Waals surface area contributed by atoms with Crippen molar-refractivity contribution >= 4 is 23.0 Å². The molecule has 20 heavy (non-hydrogen) atoms. The number of nitrogens with one attached hydrogen (secondary N) is 1. The van der Waals surface area contributed by atoms with Crippen molar-refractivity contribution in [1.29, 1.82) is 5.26 Å². The van der Waals surface area contributed by atoms with Gasteiger partial charge in [-0.2, -0.15) is 5.26 Å². The lowest BCUT2D eigenvalue weighted by Crippen LogP contribution is -2.13. The Balaban J connectivity index is 2.47. The Morgan fingerprint density at radius 3 is 2.30 bits per heavy atom. The molecule has 0 aliphatic carbocycles. The molecular formula is C17H17ClN2. The number of halogens is 1. The lowest BCUT2D eigenvalue weighted by Gasteiger charge is -2.23. The largest absolute Gasteiger partial charge is 0.354 e. The Kier molecular flexibility index (Phi) is 4.01. The number of rotatable bonds is 2. The summed E-state index contributed by atoms with van der Waals surface area (Å²) in [5, 5.41) is 13.0. The van der Waals surface area contributed by atoms with Crippen LogP contribution in [0.1, 0.15) is 31.9 Å². The Bertz CT molecular complexity index is 663. The summed E-state index contributed by atoms with van der Waals surface area (Å²) in [6.45, 7) is 6.49. The molecule has 3 heteroatoms. The van der Waals surface area contributed by atoms with Gasteiger partial charge < -0.3 is 5.32 Å². The summed E-state index contributed by atoms with van der Waals surface area (Å²) in [6.07, 6.45) is 0. The Morgan fingerprint density at radius 2 is 1.65 bits per heavy atom. The van der Waals surface area contributed by atoms with Crippen LogP contribution in [0.15, 0.2) is 42.5 Å². The SMILES string of the molecule is CC(C)(C)c1ccccc1Nc1cccc(Cl)c1C#N.